The van der Waals surface area contributed by atoms with E-state index >= 15 is 0 Å². The van der Waals surface area contributed by atoms with Crippen molar-refractivity contribution in [2.75, 3.05) is 85.9 Å². The standard InChI is InChI=1S/C22H34FN3O5/c1-29-9-8-26(22(28)18-3-2-4-19(23)13-18)17-21-16-25(7-12-31-21)15-20(27)14-24-5-10-30-11-6-24/h2-4,13,20-21,27H,5-12,14-17H2,1H3/t20-,21+/m0/s1. The van der Waals surface area contributed by atoms with Gasteiger partial charge in [-0.2, -0.15) is 0 Å². The van der Waals surface area contributed by atoms with Crippen molar-refractivity contribution in [1.29, 1.82) is 0 Å². The van der Waals surface area contributed by atoms with Gasteiger partial charge in [0.1, 0.15) is 5.82 Å². The SMILES string of the molecule is COCCN(C[C@H]1CN(C[C@@H](O)CN2CCOCC2)CCO1)C(=O)c1cccc(F)c1. The second-order valence-corrected chi connectivity index (χ2v) is 8.07. The van der Waals surface area contributed by atoms with Gasteiger partial charge in [-0.1, -0.05) is 6.07 Å². The summed E-state index contributed by atoms with van der Waals surface area (Å²) in [5, 5.41) is 10.5. The van der Waals surface area contributed by atoms with Crippen molar-refractivity contribution in [3.8, 4) is 0 Å². The molecule has 2 saturated heterocycles. The Bertz CT molecular complexity index is 689. The molecule has 2 aliphatic heterocycles. The molecule has 0 spiro atoms. The average Bonchev–Trinajstić information content (AvgIpc) is 2.77. The van der Waals surface area contributed by atoms with Crippen LogP contribution in [0.15, 0.2) is 24.3 Å². The minimum absolute atomic E-state index is 0.182. The monoisotopic (exact) mass is 439 g/mol. The van der Waals surface area contributed by atoms with Crippen molar-refractivity contribution in [2.24, 2.45) is 0 Å². The van der Waals surface area contributed by atoms with Crippen LogP contribution in [0.25, 0.3) is 0 Å². The van der Waals surface area contributed by atoms with Crippen LogP contribution >= 0.6 is 0 Å². The maximum atomic E-state index is 13.6. The molecular weight excluding hydrogens is 405 g/mol. The molecule has 0 radical (unpaired) electrons. The van der Waals surface area contributed by atoms with E-state index in [1.165, 1.54) is 18.2 Å². The normalized spacial score (nSPS) is 21.7. The second kappa shape index (κ2) is 12.4. The Labute approximate surface area is 183 Å². The fraction of sp³-hybridized carbons (Fsp3) is 0.682. The molecule has 3 rings (SSSR count). The number of aliphatic hydroxyl groups is 1. The number of hydrogen-bond donors (Lipinski definition) is 1. The number of amides is 1. The number of carbonyl (C=O) groups is 1. The highest BCUT2D eigenvalue weighted by Gasteiger charge is 2.27. The molecule has 0 unspecified atom stereocenters. The molecule has 2 heterocycles. The third kappa shape index (κ3) is 7.78. The molecule has 2 fully saturated rings. The Morgan fingerprint density at radius 2 is 2.00 bits per heavy atom. The quantitative estimate of drug-likeness (QED) is 0.562. The highest BCUT2D eigenvalue weighted by molar-refractivity contribution is 5.94. The topological polar surface area (TPSA) is 74.7 Å². The predicted molar refractivity (Wildman–Crippen MR) is 114 cm³/mol. The smallest absolute Gasteiger partial charge is 0.254 e. The lowest BCUT2D eigenvalue weighted by molar-refractivity contribution is -0.0564. The molecule has 1 N–H and O–H groups in total. The first-order valence-electron chi connectivity index (χ1n) is 10.9. The molecule has 2 atom stereocenters. The second-order valence-electron chi connectivity index (χ2n) is 8.07. The Morgan fingerprint density at radius 3 is 2.74 bits per heavy atom. The first-order valence-corrected chi connectivity index (χ1v) is 10.9. The van der Waals surface area contributed by atoms with Crippen LogP contribution in [-0.4, -0.2) is 124 Å². The van der Waals surface area contributed by atoms with Crippen LogP contribution in [0, 0.1) is 5.82 Å². The third-order valence-corrected chi connectivity index (χ3v) is 5.61. The molecule has 1 amide bonds. The van der Waals surface area contributed by atoms with Crippen molar-refractivity contribution in [3.05, 3.63) is 35.6 Å². The molecule has 0 saturated carbocycles. The highest BCUT2D eigenvalue weighted by atomic mass is 19.1. The van der Waals surface area contributed by atoms with Gasteiger partial charge in [-0.25, -0.2) is 4.39 Å². The van der Waals surface area contributed by atoms with Gasteiger partial charge in [0.25, 0.3) is 5.91 Å². The zero-order valence-corrected chi connectivity index (χ0v) is 18.2. The Balaban J connectivity index is 1.53. The van der Waals surface area contributed by atoms with Gasteiger partial charge < -0.3 is 24.2 Å². The van der Waals surface area contributed by atoms with E-state index in [1.807, 2.05) is 0 Å². The van der Waals surface area contributed by atoms with Crippen molar-refractivity contribution in [2.45, 2.75) is 12.2 Å². The summed E-state index contributed by atoms with van der Waals surface area (Å²) in [5.74, 6) is -0.684. The summed E-state index contributed by atoms with van der Waals surface area (Å²) in [6.45, 7) is 7.38. The zero-order valence-electron chi connectivity index (χ0n) is 18.2. The summed E-state index contributed by atoms with van der Waals surface area (Å²) >= 11 is 0. The first-order chi connectivity index (χ1) is 15.0. The summed E-state index contributed by atoms with van der Waals surface area (Å²) in [6.07, 6.45) is -0.630. The third-order valence-electron chi connectivity index (χ3n) is 5.61. The van der Waals surface area contributed by atoms with Crippen molar-refractivity contribution < 1.29 is 28.5 Å². The fourth-order valence-electron chi connectivity index (χ4n) is 4.02. The lowest BCUT2D eigenvalue weighted by Gasteiger charge is -2.37. The van der Waals surface area contributed by atoms with Crippen LogP contribution in [0.1, 0.15) is 10.4 Å². The van der Waals surface area contributed by atoms with Crippen molar-refractivity contribution in [3.63, 3.8) is 0 Å². The number of nitrogens with zero attached hydrogens (tertiary/aromatic N) is 3. The predicted octanol–water partition coefficient (Wildman–Crippen LogP) is 0.308. The molecule has 0 bridgehead atoms. The molecule has 2 aliphatic rings. The number of β-amino-alcohol motifs (C(OH)–C–C–N with tert-alkyl or cyclic N) is 1. The van der Waals surface area contributed by atoms with Crippen LogP contribution in [0.2, 0.25) is 0 Å². The summed E-state index contributed by atoms with van der Waals surface area (Å²) in [7, 11) is 1.58. The van der Waals surface area contributed by atoms with E-state index < -0.39 is 11.9 Å². The first kappa shape index (κ1) is 24.0. The Hall–Kier alpha value is -1.62. The summed E-state index contributed by atoms with van der Waals surface area (Å²) < 4.78 is 30.0. The summed E-state index contributed by atoms with van der Waals surface area (Å²) in [5.41, 5.74) is 0.310. The summed E-state index contributed by atoms with van der Waals surface area (Å²) in [4.78, 5) is 19.0. The molecule has 0 aliphatic carbocycles. The maximum absolute atomic E-state index is 13.6. The molecule has 0 aromatic heterocycles. The van der Waals surface area contributed by atoms with E-state index in [2.05, 4.69) is 9.80 Å². The molecular formula is C22H34FN3O5. The highest BCUT2D eigenvalue weighted by Crippen LogP contribution is 2.13. The molecule has 1 aromatic rings. The van der Waals surface area contributed by atoms with E-state index in [-0.39, 0.29) is 12.0 Å². The van der Waals surface area contributed by atoms with Crippen molar-refractivity contribution in [1.82, 2.24) is 14.7 Å². The number of methoxy groups -OCH3 is 1. The molecule has 1 aromatic carbocycles. The Kier molecular flexibility index (Phi) is 9.63. The fourth-order valence-corrected chi connectivity index (χ4v) is 4.02. The van der Waals surface area contributed by atoms with Gasteiger partial charge in [-0.15, -0.1) is 0 Å². The zero-order chi connectivity index (χ0) is 22.1. The number of rotatable bonds is 10. The molecule has 174 valence electrons. The van der Waals surface area contributed by atoms with Crippen LogP contribution < -0.4 is 0 Å². The lowest BCUT2D eigenvalue weighted by atomic mass is 10.1. The number of aliphatic hydroxyl groups excluding tert-OH is 1. The van der Waals surface area contributed by atoms with Gasteiger partial charge in [-0.05, 0) is 18.2 Å². The van der Waals surface area contributed by atoms with Gasteiger partial charge in [0.05, 0.1) is 38.6 Å². The van der Waals surface area contributed by atoms with Crippen LogP contribution in [-0.2, 0) is 14.2 Å². The van der Waals surface area contributed by atoms with E-state index in [9.17, 15) is 14.3 Å². The number of halogens is 1. The number of carbonyl (C=O) groups excluding carboxylic acids is 1. The molecule has 8 nitrogen and oxygen atoms in total. The minimum Gasteiger partial charge on any atom is -0.390 e. The van der Waals surface area contributed by atoms with E-state index in [1.54, 1.807) is 18.1 Å². The molecule has 31 heavy (non-hydrogen) atoms. The van der Waals surface area contributed by atoms with Gasteiger partial charge >= 0.3 is 0 Å². The van der Waals surface area contributed by atoms with Crippen LogP contribution in [0.5, 0.6) is 0 Å². The largest absolute Gasteiger partial charge is 0.390 e. The molecule has 9 heteroatoms. The lowest BCUT2D eigenvalue weighted by Crippen LogP contribution is -2.52. The maximum Gasteiger partial charge on any atom is 0.254 e. The van der Waals surface area contributed by atoms with E-state index in [4.69, 9.17) is 14.2 Å². The van der Waals surface area contributed by atoms with Gasteiger partial charge in [0.15, 0.2) is 0 Å². The number of hydrogen-bond acceptors (Lipinski definition) is 7. The van der Waals surface area contributed by atoms with Crippen molar-refractivity contribution >= 4 is 5.91 Å². The van der Waals surface area contributed by atoms with Gasteiger partial charge in [0.2, 0.25) is 0 Å². The summed E-state index contributed by atoms with van der Waals surface area (Å²) in [6, 6.07) is 5.71. The number of ether oxygens (including phenoxy) is 3. The van der Waals surface area contributed by atoms with Gasteiger partial charge in [-0.3, -0.25) is 14.6 Å². The van der Waals surface area contributed by atoms with E-state index in [0.717, 1.165) is 19.6 Å². The van der Waals surface area contributed by atoms with Crippen LogP contribution in [0.3, 0.4) is 0 Å². The Morgan fingerprint density at radius 1 is 1.26 bits per heavy atom. The van der Waals surface area contributed by atoms with E-state index in [0.29, 0.717) is 64.7 Å². The average molecular weight is 440 g/mol. The van der Waals surface area contributed by atoms with Gasteiger partial charge in [0, 0.05) is 65.0 Å². The number of benzene rings is 1. The minimum atomic E-state index is -0.449. The number of morpholine rings is 2. The van der Waals surface area contributed by atoms with Crippen LogP contribution in [0.4, 0.5) is 4.39 Å².